The molecule has 1 atom stereocenters. The predicted molar refractivity (Wildman–Crippen MR) is 87.2 cm³/mol. The van der Waals surface area contributed by atoms with Crippen molar-refractivity contribution in [1.29, 1.82) is 0 Å². The molecular weight excluding hydrogens is 248 g/mol. The Labute approximate surface area is 120 Å². The number of Topliss-reactive ketones (excluding diaryl/α,β-unsaturated/α-hetero) is 1. The molecule has 0 N–H and O–H groups in total. The van der Waals surface area contributed by atoms with Gasteiger partial charge in [-0.05, 0) is 24.7 Å². The Bertz CT molecular complexity index is 338. The Morgan fingerprint density at radius 2 is 1.95 bits per heavy atom. The van der Waals surface area contributed by atoms with Crippen molar-refractivity contribution in [2.24, 2.45) is 5.41 Å². The number of hydrogen-bond acceptors (Lipinski definition) is 1. The van der Waals surface area contributed by atoms with Crippen molar-refractivity contribution in [2.75, 3.05) is 0 Å². The van der Waals surface area contributed by atoms with Crippen LogP contribution < -0.4 is 0 Å². The van der Waals surface area contributed by atoms with Crippen LogP contribution in [-0.2, 0) is 4.79 Å². The van der Waals surface area contributed by atoms with Crippen LogP contribution in [0, 0.1) is 5.41 Å². The molecule has 0 aromatic heterocycles. The highest BCUT2D eigenvalue weighted by molar-refractivity contribution is 6.83. The van der Waals surface area contributed by atoms with E-state index in [0.29, 0.717) is 5.78 Å². The van der Waals surface area contributed by atoms with E-state index < -0.39 is 8.07 Å². The molecule has 0 aliphatic heterocycles. The molecule has 0 spiro atoms. The van der Waals surface area contributed by atoms with Gasteiger partial charge in [0.15, 0.2) is 0 Å². The van der Waals surface area contributed by atoms with Gasteiger partial charge in [-0.2, -0.15) is 0 Å². The number of hydrogen-bond donors (Lipinski definition) is 0. The molecule has 1 aliphatic carbocycles. The summed E-state index contributed by atoms with van der Waals surface area (Å²) in [4.78, 5) is 11.7. The summed E-state index contributed by atoms with van der Waals surface area (Å²) in [7, 11) is -1.31. The zero-order valence-corrected chi connectivity index (χ0v) is 14.6. The van der Waals surface area contributed by atoms with Crippen molar-refractivity contribution < 1.29 is 4.79 Å². The van der Waals surface area contributed by atoms with Gasteiger partial charge in [0.05, 0.1) is 8.07 Å². The first-order valence-electron chi connectivity index (χ1n) is 8.02. The summed E-state index contributed by atoms with van der Waals surface area (Å²) in [6.45, 7) is 11.9. The van der Waals surface area contributed by atoms with Crippen molar-refractivity contribution in [3.05, 3.63) is 11.3 Å². The number of allylic oxidation sites excluding steroid dienone is 2. The molecule has 0 aromatic carbocycles. The van der Waals surface area contributed by atoms with Gasteiger partial charge in [0.2, 0.25) is 0 Å². The van der Waals surface area contributed by atoms with E-state index in [0.717, 1.165) is 19.3 Å². The molecule has 0 saturated heterocycles. The van der Waals surface area contributed by atoms with Crippen molar-refractivity contribution in [3.63, 3.8) is 0 Å². The molecule has 110 valence electrons. The molecule has 1 aliphatic rings. The maximum absolute atomic E-state index is 11.7. The molecule has 0 radical (unpaired) electrons. The van der Waals surface area contributed by atoms with Crippen molar-refractivity contribution in [2.45, 2.75) is 84.9 Å². The lowest BCUT2D eigenvalue weighted by Crippen LogP contribution is -2.34. The van der Waals surface area contributed by atoms with Crippen LogP contribution in [0.2, 0.25) is 19.6 Å². The Kier molecular flexibility index (Phi) is 6.03. The van der Waals surface area contributed by atoms with E-state index in [9.17, 15) is 4.79 Å². The molecule has 0 unspecified atom stereocenters. The van der Waals surface area contributed by atoms with Gasteiger partial charge in [0, 0.05) is 12.8 Å². The predicted octanol–water partition coefficient (Wildman–Crippen LogP) is 5.52. The van der Waals surface area contributed by atoms with Crippen LogP contribution in [0.5, 0.6) is 0 Å². The third kappa shape index (κ3) is 4.90. The second-order valence-corrected chi connectivity index (χ2v) is 12.5. The first-order chi connectivity index (χ1) is 8.79. The van der Waals surface area contributed by atoms with Gasteiger partial charge in [0.25, 0.3) is 0 Å². The molecule has 0 heterocycles. The third-order valence-corrected chi connectivity index (χ3v) is 6.83. The first-order valence-corrected chi connectivity index (χ1v) is 11.5. The molecular formula is C17H32OSi. The van der Waals surface area contributed by atoms with Crippen molar-refractivity contribution >= 4 is 13.9 Å². The standard InChI is InChI=1S/C17H32OSi/c1-6-7-8-9-10-11-16(19(3,4)5)17(2)13-12-15(18)14-17/h11H,6-10,12-14H2,1-5H3/b16-11-/t17-/m1/s1. The van der Waals surface area contributed by atoms with Crippen molar-refractivity contribution in [1.82, 2.24) is 0 Å². The second kappa shape index (κ2) is 6.87. The van der Waals surface area contributed by atoms with Gasteiger partial charge in [-0.25, -0.2) is 0 Å². The van der Waals surface area contributed by atoms with Crippen LogP contribution in [-0.4, -0.2) is 13.9 Å². The average molecular weight is 281 g/mol. The minimum Gasteiger partial charge on any atom is -0.300 e. The Morgan fingerprint density at radius 1 is 1.26 bits per heavy atom. The molecule has 0 bridgehead atoms. The molecule has 1 saturated carbocycles. The van der Waals surface area contributed by atoms with E-state index in [1.807, 2.05) is 0 Å². The SMILES string of the molecule is CCCCCC/C=C(/[C@]1(C)CCC(=O)C1)[Si](C)(C)C. The van der Waals surface area contributed by atoms with Gasteiger partial charge in [-0.1, -0.05) is 64.0 Å². The monoisotopic (exact) mass is 280 g/mol. The van der Waals surface area contributed by atoms with Gasteiger partial charge in [0.1, 0.15) is 5.78 Å². The van der Waals surface area contributed by atoms with E-state index >= 15 is 0 Å². The fraction of sp³-hybridized carbons (Fsp3) is 0.824. The second-order valence-electron chi connectivity index (χ2n) is 7.49. The molecule has 2 heteroatoms. The lowest BCUT2D eigenvalue weighted by molar-refractivity contribution is -0.117. The summed E-state index contributed by atoms with van der Waals surface area (Å²) in [5.41, 5.74) is 0.187. The Morgan fingerprint density at radius 3 is 2.42 bits per heavy atom. The summed E-state index contributed by atoms with van der Waals surface area (Å²) < 4.78 is 0. The quantitative estimate of drug-likeness (QED) is 0.443. The van der Waals surface area contributed by atoms with Crippen LogP contribution in [0.25, 0.3) is 0 Å². The highest BCUT2D eigenvalue weighted by atomic mass is 28.3. The van der Waals surface area contributed by atoms with Gasteiger partial charge < -0.3 is 0 Å². The van der Waals surface area contributed by atoms with Crippen LogP contribution in [0.15, 0.2) is 11.3 Å². The normalized spacial score (nSPS) is 25.1. The van der Waals surface area contributed by atoms with E-state index in [-0.39, 0.29) is 5.41 Å². The van der Waals surface area contributed by atoms with Crippen molar-refractivity contribution in [3.8, 4) is 0 Å². The van der Waals surface area contributed by atoms with Gasteiger partial charge >= 0.3 is 0 Å². The topological polar surface area (TPSA) is 17.1 Å². The lowest BCUT2D eigenvalue weighted by atomic mass is 9.87. The average Bonchev–Trinajstić information content (AvgIpc) is 2.62. The van der Waals surface area contributed by atoms with E-state index in [4.69, 9.17) is 0 Å². The Balaban J connectivity index is 2.73. The highest BCUT2D eigenvalue weighted by Gasteiger charge is 2.41. The molecule has 19 heavy (non-hydrogen) atoms. The molecule has 1 nitrogen and oxygen atoms in total. The molecule has 1 rings (SSSR count). The van der Waals surface area contributed by atoms with Crippen LogP contribution in [0.4, 0.5) is 0 Å². The zero-order chi connectivity index (χ0) is 14.5. The van der Waals surface area contributed by atoms with E-state index in [1.54, 1.807) is 5.20 Å². The molecule has 0 amide bonds. The van der Waals surface area contributed by atoms with Crippen LogP contribution >= 0.6 is 0 Å². The zero-order valence-electron chi connectivity index (χ0n) is 13.6. The fourth-order valence-electron chi connectivity index (χ4n) is 3.53. The first kappa shape index (κ1) is 16.7. The molecule has 1 fully saturated rings. The fourth-order valence-corrected chi connectivity index (χ4v) is 6.31. The van der Waals surface area contributed by atoms with Crippen LogP contribution in [0.1, 0.15) is 65.2 Å². The maximum Gasteiger partial charge on any atom is 0.133 e. The van der Waals surface area contributed by atoms with Crippen LogP contribution in [0.3, 0.4) is 0 Å². The van der Waals surface area contributed by atoms with E-state index in [2.05, 4.69) is 39.6 Å². The number of unbranched alkanes of at least 4 members (excludes halogenated alkanes) is 4. The van der Waals surface area contributed by atoms with E-state index in [1.165, 1.54) is 32.1 Å². The number of carbonyl (C=O) groups excluding carboxylic acids is 1. The number of carbonyl (C=O) groups is 1. The summed E-state index contributed by atoms with van der Waals surface area (Å²) in [6.07, 6.45) is 11.7. The minimum absolute atomic E-state index is 0.187. The summed E-state index contributed by atoms with van der Waals surface area (Å²) in [5, 5.41) is 1.65. The summed E-state index contributed by atoms with van der Waals surface area (Å²) in [6, 6.07) is 0. The van der Waals surface area contributed by atoms with Gasteiger partial charge in [-0.3, -0.25) is 4.79 Å². The summed E-state index contributed by atoms with van der Waals surface area (Å²) >= 11 is 0. The minimum atomic E-state index is -1.31. The number of rotatable bonds is 7. The third-order valence-electron chi connectivity index (χ3n) is 4.41. The highest BCUT2D eigenvalue weighted by Crippen LogP contribution is 2.45. The summed E-state index contributed by atoms with van der Waals surface area (Å²) in [5.74, 6) is 0.470. The Hall–Kier alpha value is -0.373. The largest absolute Gasteiger partial charge is 0.300 e. The maximum atomic E-state index is 11.7. The number of ketones is 1. The molecule has 0 aromatic rings. The lowest BCUT2D eigenvalue weighted by Gasteiger charge is -2.35. The van der Waals surface area contributed by atoms with Gasteiger partial charge in [-0.15, -0.1) is 0 Å². The smallest absolute Gasteiger partial charge is 0.133 e.